The predicted octanol–water partition coefficient (Wildman–Crippen LogP) is 3.02. The molecule has 1 aromatic carbocycles. The number of aliphatic hydroxyl groups is 1. The summed E-state index contributed by atoms with van der Waals surface area (Å²) < 4.78 is 0. The van der Waals surface area contributed by atoms with Gasteiger partial charge in [-0.25, -0.2) is 4.98 Å². The van der Waals surface area contributed by atoms with Gasteiger partial charge in [-0.1, -0.05) is 30.3 Å². The highest BCUT2D eigenvalue weighted by atomic mass is 32.1. The van der Waals surface area contributed by atoms with Crippen molar-refractivity contribution in [3.05, 3.63) is 35.7 Å². The fourth-order valence-electron chi connectivity index (χ4n) is 3.58. The molecule has 4 rings (SSSR count). The van der Waals surface area contributed by atoms with Gasteiger partial charge in [-0.05, 0) is 24.7 Å². The summed E-state index contributed by atoms with van der Waals surface area (Å²) in [6.07, 6.45) is 1.87. The monoisotopic (exact) mass is 286 g/mol. The molecule has 1 unspecified atom stereocenters. The first kappa shape index (κ1) is 12.4. The number of hydrogen-bond donors (Lipinski definition) is 1. The van der Waals surface area contributed by atoms with Crippen LogP contribution < -0.4 is 4.90 Å². The molecule has 2 aromatic rings. The average molecular weight is 286 g/mol. The topological polar surface area (TPSA) is 36.4 Å². The first-order chi connectivity index (χ1) is 9.79. The van der Waals surface area contributed by atoms with E-state index in [1.54, 1.807) is 11.3 Å². The molecule has 4 heteroatoms. The third kappa shape index (κ3) is 2.13. The lowest BCUT2D eigenvalue weighted by atomic mass is 10.0. The molecule has 3 atom stereocenters. The van der Waals surface area contributed by atoms with Gasteiger partial charge in [0.25, 0.3) is 0 Å². The molecule has 2 aliphatic rings. The summed E-state index contributed by atoms with van der Waals surface area (Å²) >= 11 is 1.73. The second kappa shape index (κ2) is 4.86. The standard InChI is InChI=1S/C16H18N2OS/c19-14-6-12-8-18(9-13(12)7-14)16-17-15(10-20-16)11-4-2-1-3-5-11/h1-5,10,12-14,19H,6-9H2/t12-,13+,14?. The van der Waals surface area contributed by atoms with Crippen LogP contribution >= 0.6 is 11.3 Å². The summed E-state index contributed by atoms with van der Waals surface area (Å²) in [6, 6.07) is 10.3. The van der Waals surface area contributed by atoms with Crippen LogP contribution in [0.25, 0.3) is 11.3 Å². The van der Waals surface area contributed by atoms with Gasteiger partial charge in [-0.2, -0.15) is 0 Å². The van der Waals surface area contributed by atoms with Crippen LogP contribution in [0.3, 0.4) is 0 Å². The van der Waals surface area contributed by atoms with Crippen LogP contribution in [-0.4, -0.2) is 29.3 Å². The van der Waals surface area contributed by atoms with Crippen LogP contribution in [-0.2, 0) is 0 Å². The maximum atomic E-state index is 9.71. The van der Waals surface area contributed by atoms with Gasteiger partial charge >= 0.3 is 0 Å². The Labute approximate surface area is 122 Å². The van der Waals surface area contributed by atoms with Crippen LogP contribution in [0.2, 0.25) is 0 Å². The number of aliphatic hydroxyl groups excluding tert-OH is 1. The van der Waals surface area contributed by atoms with Gasteiger partial charge in [0.15, 0.2) is 5.13 Å². The number of anilines is 1. The summed E-state index contributed by atoms with van der Waals surface area (Å²) in [5, 5.41) is 13.0. The van der Waals surface area contributed by atoms with E-state index in [1.807, 2.05) is 6.07 Å². The lowest BCUT2D eigenvalue weighted by Crippen LogP contribution is -2.22. The minimum Gasteiger partial charge on any atom is -0.393 e. The largest absolute Gasteiger partial charge is 0.393 e. The molecular formula is C16H18N2OS. The molecule has 0 bridgehead atoms. The third-order valence-electron chi connectivity index (χ3n) is 4.56. The normalized spacial score (nSPS) is 28.9. The molecule has 1 aromatic heterocycles. The molecule has 0 radical (unpaired) electrons. The third-order valence-corrected chi connectivity index (χ3v) is 5.46. The summed E-state index contributed by atoms with van der Waals surface area (Å²) in [5.74, 6) is 1.32. The van der Waals surface area contributed by atoms with Gasteiger partial charge in [0.05, 0.1) is 11.8 Å². The Hall–Kier alpha value is -1.39. The molecule has 104 valence electrons. The van der Waals surface area contributed by atoms with Crippen molar-refractivity contribution in [2.24, 2.45) is 11.8 Å². The van der Waals surface area contributed by atoms with Crippen molar-refractivity contribution in [3.63, 3.8) is 0 Å². The van der Waals surface area contributed by atoms with Crippen molar-refractivity contribution in [2.45, 2.75) is 18.9 Å². The van der Waals surface area contributed by atoms with Gasteiger partial charge in [0, 0.05) is 24.0 Å². The second-order valence-electron chi connectivity index (χ2n) is 5.93. The maximum Gasteiger partial charge on any atom is 0.185 e. The van der Waals surface area contributed by atoms with Crippen LogP contribution in [0.1, 0.15) is 12.8 Å². The molecule has 3 nitrogen and oxygen atoms in total. The van der Waals surface area contributed by atoms with Gasteiger partial charge < -0.3 is 10.0 Å². The fourth-order valence-corrected chi connectivity index (χ4v) is 4.43. The summed E-state index contributed by atoms with van der Waals surface area (Å²) in [7, 11) is 0. The summed E-state index contributed by atoms with van der Waals surface area (Å²) in [6.45, 7) is 2.12. The lowest BCUT2D eigenvalue weighted by Gasteiger charge is -2.16. The predicted molar refractivity (Wildman–Crippen MR) is 82.0 cm³/mol. The van der Waals surface area contributed by atoms with Crippen molar-refractivity contribution in [1.29, 1.82) is 0 Å². The average Bonchev–Trinajstić information content (AvgIpc) is 3.12. The van der Waals surface area contributed by atoms with Crippen molar-refractivity contribution < 1.29 is 5.11 Å². The maximum absolute atomic E-state index is 9.71. The van der Waals surface area contributed by atoms with Gasteiger partial charge in [0.1, 0.15) is 0 Å². The molecule has 20 heavy (non-hydrogen) atoms. The SMILES string of the molecule is OC1C[C@@H]2CN(c3nc(-c4ccccc4)cs3)C[C@@H]2C1. The van der Waals surface area contributed by atoms with E-state index in [4.69, 9.17) is 4.98 Å². The van der Waals surface area contributed by atoms with Crippen LogP contribution in [0.15, 0.2) is 35.7 Å². The van der Waals surface area contributed by atoms with Crippen molar-refractivity contribution in [3.8, 4) is 11.3 Å². The molecule has 1 N–H and O–H groups in total. The Morgan fingerprint density at radius 1 is 1.10 bits per heavy atom. The van der Waals surface area contributed by atoms with Crippen molar-refractivity contribution >= 4 is 16.5 Å². The molecule has 2 heterocycles. The van der Waals surface area contributed by atoms with E-state index in [0.29, 0.717) is 11.8 Å². The minimum absolute atomic E-state index is 0.0664. The first-order valence-electron chi connectivity index (χ1n) is 7.23. The number of fused-ring (bicyclic) bond motifs is 1. The molecule has 1 aliphatic carbocycles. The van der Waals surface area contributed by atoms with E-state index in [9.17, 15) is 5.11 Å². The summed E-state index contributed by atoms with van der Waals surface area (Å²) in [4.78, 5) is 7.19. The first-order valence-corrected chi connectivity index (χ1v) is 8.11. The van der Waals surface area contributed by atoms with E-state index < -0.39 is 0 Å². The van der Waals surface area contributed by atoms with E-state index in [1.165, 1.54) is 5.56 Å². The molecule has 2 fully saturated rings. The Kier molecular flexibility index (Phi) is 3.00. The molecular weight excluding hydrogens is 268 g/mol. The number of hydrogen-bond acceptors (Lipinski definition) is 4. The lowest BCUT2D eigenvalue weighted by molar-refractivity contribution is 0.174. The van der Waals surface area contributed by atoms with E-state index in [-0.39, 0.29) is 6.10 Å². The number of benzene rings is 1. The molecule has 1 saturated carbocycles. The van der Waals surface area contributed by atoms with E-state index in [2.05, 4.69) is 34.5 Å². The Morgan fingerprint density at radius 3 is 2.50 bits per heavy atom. The second-order valence-corrected chi connectivity index (χ2v) is 6.77. The number of aromatic nitrogens is 1. The van der Waals surface area contributed by atoms with Crippen molar-refractivity contribution in [1.82, 2.24) is 4.98 Å². The molecule has 0 amide bonds. The highest BCUT2D eigenvalue weighted by molar-refractivity contribution is 7.14. The van der Waals surface area contributed by atoms with Crippen LogP contribution in [0, 0.1) is 11.8 Å². The van der Waals surface area contributed by atoms with Gasteiger partial charge in [-0.15, -0.1) is 11.3 Å². The zero-order valence-electron chi connectivity index (χ0n) is 11.3. The molecule has 1 saturated heterocycles. The van der Waals surface area contributed by atoms with Crippen molar-refractivity contribution in [2.75, 3.05) is 18.0 Å². The zero-order chi connectivity index (χ0) is 13.5. The van der Waals surface area contributed by atoms with E-state index >= 15 is 0 Å². The molecule has 1 aliphatic heterocycles. The van der Waals surface area contributed by atoms with Gasteiger partial charge in [0.2, 0.25) is 0 Å². The number of rotatable bonds is 2. The smallest absolute Gasteiger partial charge is 0.185 e. The number of thiazole rings is 1. The minimum atomic E-state index is -0.0664. The Morgan fingerprint density at radius 2 is 1.80 bits per heavy atom. The van der Waals surface area contributed by atoms with Crippen LogP contribution in [0.5, 0.6) is 0 Å². The fraction of sp³-hybridized carbons (Fsp3) is 0.438. The Bertz CT molecular complexity index is 584. The quantitative estimate of drug-likeness (QED) is 0.922. The van der Waals surface area contributed by atoms with E-state index in [0.717, 1.165) is 36.8 Å². The Balaban J connectivity index is 1.52. The zero-order valence-corrected chi connectivity index (χ0v) is 12.1. The summed E-state index contributed by atoms with van der Waals surface area (Å²) in [5.41, 5.74) is 2.26. The van der Waals surface area contributed by atoms with Crippen LogP contribution in [0.4, 0.5) is 5.13 Å². The highest BCUT2D eigenvalue weighted by Crippen LogP contribution is 2.41. The van der Waals surface area contributed by atoms with Gasteiger partial charge in [-0.3, -0.25) is 0 Å². The number of nitrogens with zero attached hydrogens (tertiary/aromatic N) is 2. The molecule has 0 spiro atoms. The highest BCUT2D eigenvalue weighted by Gasteiger charge is 2.40.